The van der Waals surface area contributed by atoms with Gasteiger partial charge in [-0.15, -0.1) is 0 Å². The molecule has 8 heteroatoms. The average Bonchev–Trinajstić information content (AvgIpc) is 3.15. The lowest BCUT2D eigenvalue weighted by Gasteiger charge is -2.03. The van der Waals surface area contributed by atoms with Crippen LogP contribution in [0.2, 0.25) is 0 Å². The molecular formula is C45H82N2O6. The molecule has 8 nitrogen and oxygen atoms in total. The average molecular weight is 747 g/mol. The molecule has 0 aromatic heterocycles. The Balaban J connectivity index is 0. The quantitative estimate of drug-likeness (QED) is 0.0239. The van der Waals surface area contributed by atoms with Crippen molar-refractivity contribution in [3.63, 3.8) is 0 Å². The fourth-order valence-corrected chi connectivity index (χ4v) is 6.28. The van der Waals surface area contributed by atoms with Gasteiger partial charge in [-0.25, -0.2) is 0 Å². The lowest BCUT2D eigenvalue weighted by molar-refractivity contribution is -0.138. The maximum Gasteiger partial charge on any atom is 0.303 e. The van der Waals surface area contributed by atoms with Crippen LogP contribution < -0.4 is 0 Å². The summed E-state index contributed by atoms with van der Waals surface area (Å²) in [4.78, 5) is 20.7. The molecule has 0 saturated heterocycles. The van der Waals surface area contributed by atoms with Crippen molar-refractivity contribution in [1.82, 2.24) is 0 Å². The smallest absolute Gasteiger partial charge is 0.303 e. The van der Waals surface area contributed by atoms with Gasteiger partial charge in [-0.2, -0.15) is 0 Å². The van der Waals surface area contributed by atoms with Crippen molar-refractivity contribution in [2.24, 2.45) is 10.3 Å². The second kappa shape index (κ2) is 43.5. The van der Waals surface area contributed by atoms with E-state index in [0.717, 1.165) is 25.7 Å². The number of aliphatic carboxylic acids is 2. The van der Waals surface area contributed by atoms with Crippen LogP contribution in [0.25, 0.3) is 0 Å². The normalized spacial score (nSPS) is 11.4. The molecule has 0 atom stereocenters. The third kappa shape index (κ3) is 41.7. The highest BCUT2D eigenvalue weighted by atomic mass is 16.4. The van der Waals surface area contributed by atoms with E-state index >= 15 is 0 Å². The Hall–Kier alpha value is -2.90. The number of unbranched alkanes of at least 4 members (excludes halogenated alkanes) is 28. The molecule has 1 aromatic rings. The van der Waals surface area contributed by atoms with Gasteiger partial charge in [0.05, 0.1) is 0 Å². The summed E-state index contributed by atoms with van der Waals surface area (Å²) in [6.07, 6.45) is 40.4. The fraction of sp³-hybridized carbons (Fsp3) is 0.778. The summed E-state index contributed by atoms with van der Waals surface area (Å²) < 4.78 is 0. The van der Waals surface area contributed by atoms with Crippen LogP contribution in [-0.4, -0.2) is 44.0 Å². The number of carboxylic acids is 2. The van der Waals surface area contributed by atoms with Gasteiger partial charge in [0.15, 0.2) is 0 Å². The number of carboxylic acid groups (broad SMARTS) is 2. The van der Waals surface area contributed by atoms with Crippen molar-refractivity contribution < 1.29 is 30.2 Å². The second-order valence-corrected chi connectivity index (χ2v) is 14.7. The summed E-state index contributed by atoms with van der Waals surface area (Å²) in [7, 11) is 0. The van der Waals surface area contributed by atoms with E-state index in [2.05, 4.69) is 24.2 Å². The molecule has 0 saturated carbocycles. The van der Waals surface area contributed by atoms with Gasteiger partial charge in [-0.1, -0.05) is 234 Å². The summed E-state index contributed by atoms with van der Waals surface area (Å²) in [5.74, 6) is -1.31. The second-order valence-electron chi connectivity index (χ2n) is 14.7. The van der Waals surface area contributed by atoms with Crippen molar-refractivity contribution in [3.05, 3.63) is 35.9 Å². The Bertz CT molecular complexity index is 938. The first-order valence-electron chi connectivity index (χ1n) is 21.7. The first-order valence-corrected chi connectivity index (χ1v) is 21.7. The molecule has 53 heavy (non-hydrogen) atoms. The molecule has 0 bridgehead atoms. The molecule has 0 heterocycles. The van der Waals surface area contributed by atoms with Gasteiger partial charge in [0, 0.05) is 18.4 Å². The lowest BCUT2D eigenvalue weighted by atomic mass is 10.0. The Morgan fingerprint density at radius 2 is 0.698 bits per heavy atom. The zero-order valence-electron chi connectivity index (χ0n) is 34.5. The summed E-state index contributed by atoms with van der Waals surface area (Å²) in [6.45, 7) is 6.10. The van der Waals surface area contributed by atoms with Crippen molar-refractivity contribution >= 4 is 23.4 Å². The minimum Gasteiger partial charge on any atom is -0.481 e. The van der Waals surface area contributed by atoms with Gasteiger partial charge in [0.2, 0.25) is 0 Å². The van der Waals surface area contributed by atoms with Crippen LogP contribution in [0.1, 0.15) is 232 Å². The number of benzene rings is 1. The molecule has 1 aromatic carbocycles. The Morgan fingerprint density at radius 3 is 0.925 bits per heavy atom. The number of oxime groups is 2. The number of hydrogen-bond donors (Lipinski definition) is 4. The zero-order chi connectivity index (χ0) is 39.5. The summed E-state index contributed by atoms with van der Waals surface area (Å²) in [5.41, 5.74) is 1.25. The maximum absolute atomic E-state index is 10.3. The first-order chi connectivity index (χ1) is 25.8. The lowest BCUT2D eigenvalue weighted by Crippen LogP contribution is -2.11. The van der Waals surface area contributed by atoms with E-state index < -0.39 is 11.9 Å². The highest BCUT2D eigenvalue weighted by Crippen LogP contribution is 2.15. The highest BCUT2D eigenvalue weighted by Gasteiger charge is 2.07. The monoisotopic (exact) mass is 747 g/mol. The summed E-state index contributed by atoms with van der Waals surface area (Å²) in [6, 6.07) is 9.01. The minimum absolute atomic E-state index is 0.267. The minimum atomic E-state index is -0.653. The molecule has 1 rings (SSSR count). The predicted octanol–water partition coefficient (Wildman–Crippen LogP) is 14.4. The van der Waals surface area contributed by atoms with Gasteiger partial charge >= 0.3 is 11.9 Å². The van der Waals surface area contributed by atoms with Crippen molar-refractivity contribution in [3.8, 4) is 0 Å². The van der Waals surface area contributed by atoms with Crippen LogP contribution in [-0.2, 0) is 9.59 Å². The molecule has 0 amide bonds. The number of rotatable bonds is 34. The van der Waals surface area contributed by atoms with Crippen LogP contribution in [0.4, 0.5) is 0 Å². The SMILES string of the molecule is CC(=NO)C(=NO)c1ccccc1.CCCCCCCCCCCCCCCCCC(=O)O.CCCCCCCCCCCCCCCCCC(=O)O. The van der Waals surface area contributed by atoms with Crippen LogP contribution in [0.15, 0.2) is 40.6 Å². The van der Waals surface area contributed by atoms with Gasteiger partial charge in [-0.3, -0.25) is 9.59 Å². The maximum atomic E-state index is 10.3. The molecule has 0 radical (unpaired) electrons. The van der Waals surface area contributed by atoms with Crippen molar-refractivity contribution in [2.75, 3.05) is 0 Å². The molecular weight excluding hydrogens is 665 g/mol. The van der Waals surface area contributed by atoms with E-state index in [9.17, 15) is 9.59 Å². The number of carbonyl (C=O) groups is 2. The van der Waals surface area contributed by atoms with Gasteiger partial charge in [0.1, 0.15) is 11.4 Å². The summed E-state index contributed by atoms with van der Waals surface area (Å²) >= 11 is 0. The Kier molecular flexibility index (Phi) is 42.9. The van der Waals surface area contributed by atoms with Crippen LogP contribution >= 0.6 is 0 Å². The fourth-order valence-electron chi connectivity index (χ4n) is 6.28. The highest BCUT2D eigenvalue weighted by molar-refractivity contribution is 6.47. The van der Waals surface area contributed by atoms with Crippen molar-refractivity contribution in [1.29, 1.82) is 0 Å². The number of hydrogen-bond acceptors (Lipinski definition) is 6. The van der Waals surface area contributed by atoms with E-state index in [4.69, 9.17) is 20.6 Å². The van der Waals surface area contributed by atoms with E-state index in [-0.39, 0.29) is 11.4 Å². The van der Waals surface area contributed by atoms with Gasteiger partial charge in [-0.05, 0) is 19.8 Å². The molecule has 0 aliphatic carbocycles. The van der Waals surface area contributed by atoms with Crippen LogP contribution in [0.5, 0.6) is 0 Å². The van der Waals surface area contributed by atoms with Crippen molar-refractivity contribution in [2.45, 2.75) is 226 Å². The topological polar surface area (TPSA) is 140 Å². The molecule has 4 N–H and O–H groups in total. The van der Waals surface area contributed by atoms with E-state index in [1.165, 1.54) is 167 Å². The standard InChI is InChI=1S/2C18H36O2.C9H10N2O2/c2*1-2-3-4-5-6-7-8-9-10-11-12-13-14-15-16-17-18(19)20;1-7(10-12)9(11-13)8-5-3-2-4-6-8/h2*2-17H2,1H3,(H,19,20);2-6,12-13H,1H3. The third-order valence-electron chi connectivity index (χ3n) is 9.63. The largest absolute Gasteiger partial charge is 0.481 e. The molecule has 0 spiro atoms. The Labute approximate surface area is 325 Å². The summed E-state index contributed by atoms with van der Waals surface area (Å²) in [5, 5.41) is 40.2. The molecule has 0 unspecified atom stereocenters. The van der Waals surface area contributed by atoms with Crippen LogP contribution in [0, 0.1) is 0 Å². The van der Waals surface area contributed by atoms with E-state index in [0.29, 0.717) is 18.4 Å². The Morgan fingerprint density at radius 1 is 0.434 bits per heavy atom. The number of nitrogens with zero attached hydrogens (tertiary/aromatic N) is 2. The first kappa shape index (κ1) is 52.2. The molecule has 308 valence electrons. The van der Waals surface area contributed by atoms with E-state index in [1.54, 1.807) is 19.1 Å². The third-order valence-corrected chi connectivity index (χ3v) is 9.63. The van der Waals surface area contributed by atoms with Gasteiger partial charge in [0.25, 0.3) is 0 Å². The van der Waals surface area contributed by atoms with Gasteiger partial charge < -0.3 is 20.6 Å². The van der Waals surface area contributed by atoms with E-state index in [1.807, 2.05) is 18.2 Å². The molecule has 0 fully saturated rings. The van der Waals surface area contributed by atoms with Crippen LogP contribution in [0.3, 0.4) is 0 Å². The molecule has 0 aliphatic rings. The predicted molar refractivity (Wildman–Crippen MR) is 224 cm³/mol. The molecule has 0 aliphatic heterocycles. The zero-order valence-corrected chi connectivity index (χ0v) is 34.5.